The van der Waals surface area contributed by atoms with Crippen LogP contribution in [-0.2, 0) is 9.47 Å². The first kappa shape index (κ1) is 14.6. The number of benzene rings is 1. The maximum atomic E-state index is 9.55. The molecule has 4 nitrogen and oxygen atoms in total. The van der Waals surface area contributed by atoms with Gasteiger partial charge in [-0.3, -0.25) is 0 Å². The lowest BCUT2D eigenvalue weighted by atomic mass is 10.1. The standard InChI is InChI=1S/C14H20ClNO3/c1-9(17)10-4-5-12(11(15)6-10)16-7-13(18-2)14(8-16)19-3/h4-6,9,13-14,17H,7-8H2,1-3H3/t9-,13?,14?/m1/s1. The van der Waals surface area contributed by atoms with Gasteiger partial charge in [0.1, 0.15) is 12.2 Å². The molecular weight excluding hydrogens is 266 g/mol. The second-order valence-electron chi connectivity index (χ2n) is 4.84. The maximum absolute atomic E-state index is 9.55. The zero-order valence-corrected chi connectivity index (χ0v) is 12.2. The lowest BCUT2D eigenvalue weighted by molar-refractivity contribution is -0.00461. The number of ether oxygens (including phenoxy) is 2. The number of rotatable bonds is 4. The Kier molecular flexibility index (Phi) is 4.68. The number of aliphatic hydroxyl groups excluding tert-OH is 1. The van der Waals surface area contributed by atoms with E-state index in [9.17, 15) is 5.11 Å². The minimum absolute atomic E-state index is 0.0532. The van der Waals surface area contributed by atoms with Crippen molar-refractivity contribution in [3.8, 4) is 0 Å². The largest absolute Gasteiger partial charge is 0.389 e. The Labute approximate surface area is 118 Å². The zero-order valence-electron chi connectivity index (χ0n) is 11.5. The Bertz CT molecular complexity index is 427. The molecule has 1 saturated heterocycles. The van der Waals surface area contributed by atoms with Crippen LogP contribution in [0.5, 0.6) is 0 Å². The number of anilines is 1. The highest BCUT2D eigenvalue weighted by Gasteiger charge is 2.33. The molecule has 2 unspecified atom stereocenters. The molecule has 0 saturated carbocycles. The van der Waals surface area contributed by atoms with E-state index in [1.807, 2.05) is 18.2 Å². The van der Waals surface area contributed by atoms with Crippen LogP contribution in [0, 0.1) is 0 Å². The molecule has 5 heteroatoms. The summed E-state index contributed by atoms with van der Waals surface area (Å²) in [6, 6.07) is 5.65. The van der Waals surface area contributed by atoms with Crippen molar-refractivity contribution in [3.63, 3.8) is 0 Å². The van der Waals surface area contributed by atoms with E-state index < -0.39 is 6.10 Å². The van der Waals surface area contributed by atoms with Gasteiger partial charge in [0.2, 0.25) is 0 Å². The molecule has 0 amide bonds. The summed E-state index contributed by atoms with van der Waals surface area (Å²) in [5.74, 6) is 0. The average Bonchev–Trinajstić information content (AvgIpc) is 2.81. The van der Waals surface area contributed by atoms with Gasteiger partial charge in [0.15, 0.2) is 0 Å². The predicted octanol–water partition coefficient (Wildman–Crippen LogP) is 2.24. The Morgan fingerprint density at radius 2 is 1.84 bits per heavy atom. The highest BCUT2D eigenvalue weighted by molar-refractivity contribution is 6.33. The van der Waals surface area contributed by atoms with E-state index in [0.717, 1.165) is 24.3 Å². The number of methoxy groups -OCH3 is 2. The van der Waals surface area contributed by atoms with Gasteiger partial charge < -0.3 is 19.5 Å². The monoisotopic (exact) mass is 285 g/mol. The van der Waals surface area contributed by atoms with Gasteiger partial charge in [0.25, 0.3) is 0 Å². The molecule has 106 valence electrons. The minimum Gasteiger partial charge on any atom is -0.389 e. The van der Waals surface area contributed by atoms with Crippen molar-refractivity contribution in [1.82, 2.24) is 0 Å². The fourth-order valence-electron chi connectivity index (χ4n) is 2.43. The van der Waals surface area contributed by atoms with E-state index in [1.54, 1.807) is 21.1 Å². The highest BCUT2D eigenvalue weighted by atomic mass is 35.5. The Morgan fingerprint density at radius 1 is 1.26 bits per heavy atom. The fraction of sp³-hybridized carbons (Fsp3) is 0.571. The van der Waals surface area contributed by atoms with Crippen LogP contribution in [0.15, 0.2) is 18.2 Å². The van der Waals surface area contributed by atoms with E-state index in [4.69, 9.17) is 21.1 Å². The number of halogens is 1. The second kappa shape index (κ2) is 6.09. The molecule has 1 aromatic carbocycles. The third kappa shape index (κ3) is 3.03. The van der Waals surface area contributed by atoms with Crippen LogP contribution in [0.2, 0.25) is 5.02 Å². The summed E-state index contributed by atoms with van der Waals surface area (Å²) in [7, 11) is 3.39. The highest BCUT2D eigenvalue weighted by Crippen LogP contribution is 2.32. The molecule has 1 aliphatic heterocycles. The molecule has 0 spiro atoms. The van der Waals surface area contributed by atoms with Gasteiger partial charge in [-0.25, -0.2) is 0 Å². The maximum Gasteiger partial charge on any atom is 0.102 e. The van der Waals surface area contributed by atoms with Crippen molar-refractivity contribution in [1.29, 1.82) is 0 Å². The van der Waals surface area contributed by atoms with Gasteiger partial charge in [-0.15, -0.1) is 0 Å². The molecule has 2 rings (SSSR count). The summed E-state index contributed by atoms with van der Waals surface area (Å²) < 4.78 is 10.8. The van der Waals surface area contributed by atoms with Crippen LogP contribution in [0.3, 0.4) is 0 Å². The van der Waals surface area contributed by atoms with E-state index >= 15 is 0 Å². The average molecular weight is 286 g/mol. The van der Waals surface area contributed by atoms with Crippen LogP contribution >= 0.6 is 11.6 Å². The number of hydrogen-bond acceptors (Lipinski definition) is 4. The second-order valence-corrected chi connectivity index (χ2v) is 5.25. The molecule has 0 bridgehead atoms. The van der Waals surface area contributed by atoms with E-state index in [0.29, 0.717) is 5.02 Å². The van der Waals surface area contributed by atoms with Crippen LogP contribution in [0.1, 0.15) is 18.6 Å². The molecule has 0 radical (unpaired) electrons. The van der Waals surface area contributed by atoms with Crippen molar-refractivity contribution >= 4 is 17.3 Å². The Hall–Kier alpha value is -0.810. The van der Waals surface area contributed by atoms with E-state index in [-0.39, 0.29) is 12.2 Å². The van der Waals surface area contributed by atoms with Crippen LogP contribution < -0.4 is 4.90 Å². The van der Waals surface area contributed by atoms with Crippen LogP contribution in [0.4, 0.5) is 5.69 Å². The van der Waals surface area contributed by atoms with Crippen molar-refractivity contribution in [2.24, 2.45) is 0 Å². The zero-order chi connectivity index (χ0) is 14.0. The third-order valence-electron chi connectivity index (χ3n) is 3.62. The molecule has 1 aromatic rings. The molecule has 1 N–H and O–H groups in total. The van der Waals surface area contributed by atoms with Gasteiger partial charge in [-0.2, -0.15) is 0 Å². The van der Waals surface area contributed by atoms with Crippen molar-refractivity contribution in [3.05, 3.63) is 28.8 Å². The molecule has 0 aliphatic carbocycles. The fourth-order valence-corrected chi connectivity index (χ4v) is 2.74. The number of hydrogen-bond donors (Lipinski definition) is 1. The summed E-state index contributed by atoms with van der Waals surface area (Å²) >= 11 is 6.30. The first-order chi connectivity index (χ1) is 9.06. The smallest absolute Gasteiger partial charge is 0.102 e. The third-order valence-corrected chi connectivity index (χ3v) is 3.92. The lowest BCUT2D eigenvalue weighted by Gasteiger charge is -2.20. The Morgan fingerprint density at radius 3 is 2.26 bits per heavy atom. The van der Waals surface area contributed by atoms with Crippen LogP contribution in [0.25, 0.3) is 0 Å². The van der Waals surface area contributed by atoms with E-state index in [2.05, 4.69) is 4.90 Å². The van der Waals surface area contributed by atoms with Gasteiger partial charge in [-0.05, 0) is 24.6 Å². The molecule has 1 heterocycles. The Balaban J connectivity index is 2.19. The summed E-state index contributed by atoms with van der Waals surface area (Å²) in [6.07, 6.45) is -0.404. The van der Waals surface area contributed by atoms with Gasteiger partial charge in [0, 0.05) is 27.3 Å². The minimum atomic E-state index is -0.511. The molecule has 1 aliphatic rings. The molecular formula is C14H20ClNO3. The van der Waals surface area contributed by atoms with Gasteiger partial charge >= 0.3 is 0 Å². The molecule has 1 fully saturated rings. The van der Waals surface area contributed by atoms with Crippen molar-refractivity contribution < 1.29 is 14.6 Å². The summed E-state index contributed by atoms with van der Waals surface area (Å²) in [5.41, 5.74) is 1.77. The summed E-state index contributed by atoms with van der Waals surface area (Å²) in [6.45, 7) is 3.23. The van der Waals surface area contributed by atoms with Gasteiger partial charge in [-0.1, -0.05) is 17.7 Å². The van der Waals surface area contributed by atoms with E-state index in [1.165, 1.54) is 0 Å². The lowest BCUT2D eigenvalue weighted by Crippen LogP contribution is -2.27. The predicted molar refractivity (Wildman–Crippen MR) is 75.9 cm³/mol. The van der Waals surface area contributed by atoms with Crippen molar-refractivity contribution in [2.45, 2.75) is 25.2 Å². The van der Waals surface area contributed by atoms with Crippen LogP contribution in [-0.4, -0.2) is 44.6 Å². The quantitative estimate of drug-likeness (QED) is 0.921. The number of nitrogens with zero attached hydrogens (tertiary/aromatic N) is 1. The first-order valence-corrected chi connectivity index (χ1v) is 6.72. The van der Waals surface area contributed by atoms with Gasteiger partial charge in [0.05, 0.1) is 16.8 Å². The topological polar surface area (TPSA) is 41.9 Å². The summed E-state index contributed by atoms with van der Waals surface area (Å²) in [4.78, 5) is 2.15. The molecule has 3 atom stereocenters. The SMILES string of the molecule is COC1CN(c2ccc([C@@H](C)O)cc2Cl)CC1OC. The van der Waals surface area contributed by atoms with Crippen molar-refractivity contribution in [2.75, 3.05) is 32.2 Å². The molecule has 0 aromatic heterocycles. The first-order valence-electron chi connectivity index (χ1n) is 6.35. The summed E-state index contributed by atoms with van der Waals surface area (Å²) in [5, 5.41) is 10.2. The number of aliphatic hydroxyl groups is 1. The normalized spacial score (nSPS) is 24.8. The molecule has 19 heavy (non-hydrogen) atoms.